The van der Waals surface area contributed by atoms with Crippen LogP contribution in [0, 0.1) is 0 Å². The van der Waals surface area contributed by atoms with E-state index in [0.717, 1.165) is 23.4 Å². The maximum atomic E-state index is 12.8. The maximum absolute atomic E-state index is 12.8. The lowest BCUT2D eigenvalue weighted by molar-refractivity contribution is 0.0905. The van der Waals surface area contributed by atoms with E-state index in [9.17, 15) is 4.79 Å². The zero-order valence-corrected chi connectivity index (χ0v) is 13.9. The minimum atomic E-state index is 0.00847. The average molecular weight is 318 g/mol. The minimum absolute atomic E-state index is 0.00847. The second-order valence-corrected chi connectivity index (χ2v) is 6.89. The van der Waals surface area contributed by atoms with E-state index in [0.29, 0.717) is 6.61 Å². The number of methoxy groups -OCH3 is 1. The highest BCUT2D eigenvalue weighted by molar-refractivity contribution is 7.15. The summed E-state index contributed by atoms with van der Waals surface area (Å²) in [5.41, 5.74) is 2.11. The van der Waals surface area contributed by atoms with Gasteiger partial charge in [-0.05, 0) is 50.3 Å². The van der Waals surface area contributed by atoms with Crippen LogP contribution in [0.1, 0.15) is 40.6 Å². The van der Waals surface area contributed by atoms with Crippen molar-refractivity contribution < 1.29 is 9.53 Å². The summed E-state index contributed by atoms with van der Waals surface area (Å²) in [5.74, 6) is 0.0210. The van der Waals surface area contributed by atoms with E-state index in [2.05, 4.69) is 9.88 Å². The number of nitrogens with zero attached hydrogens (tertiary/aromatic N) is 1. The molecule has 0 spiro atoms. The Morgan fingerprint density at radius 1 is 1.36 bits per heavy atom. The summed E-state index contributed by atoms with van der Waals surface area (Å²) in [6, 6.07) is 4.00. The van der Waals surface area contributed by atoms with Crippen molar-refractivity contribution in [3.63, 3.8) is 0 Å². The molecule has 0 bridgehead atoms. The second kappa shape index (κ2) is 6.67. The predicted octanol–water partition coefficient (Wildman–Crippen LogP) is 3.18. The van der Waals surface area contributed by atoms with Gasteiger partial charge >= 0.3 is 0 Å². The molecule has 0 saturated carbocycles. The third-order valence-electron chi connectivity index (χ3n) is 4.01. The molecule has 2 aromatic rings. The van der Waals surface area contributed by atoms with Crippen molar-refractivity contribution in [2.75, 3.05) is 13.7 Å². The van der Waals surface area contributed by atoms with Crippen LogP contribution in [0.3, 0.4) is 0 Å². The molecule has 0 aromatic carbocycles. The number of amides is 1. The number of aryl methyl sites for hydroxylation is 1. The van der Waals surface area contributed by atoms with Gasteiger partial charge < -0.3 is 14.6 Å². The Morgan fingerprint density at radius 3 is 2.82 bits per heavy atom. The number of carbonyl (C=O) groups is 1. The number of rotatable bonds is 5. The zero-order valence-electron chi connectivity index (χ0n) is 13.1. The molecule has 1 N–H and O–H groups in total. The lowest BCUT2D eigenvalue weighted by Gasteiger charge is -2.16. The topological polar surface area (TPSA) is 43.3 Å². The molecule has 118 valence electrons. The zero-order chi connectivity index (χ0) is 15.5. The number of nitrogens with one attached hydrogen (secondary N) is 1. The van der Waals surface area contributed by atoms with Crippen molar-refractivity contribution in [2.24, 2.45) is 0 Å². The monoisotopic (exact) mass is 318 g/mol. The van der Waals surface area contributed by atoms with Crippen LogP contribution in [0.25, 0.3) is 5.00 Å². The number of carbonyl (C=O) groups excluding carboxylic acids is 1. The van der Waals surface area contributed by atoms with Crippen molar-refractivity contribution in [1.29, 1.82) is 0 Å². The van der Waals surface area contributed by atoms with Crippen LogP contribution in [0.4, 0.5) is 0 Å². The average Bonchev–Trinajstić information content (AvgIpc) is 3.14. The summed E-state index contributed by atoms with van der Waals surface area (Å²) < 4.78 is 7.17. The third-order valence-corrected chi connectivity index (χ3v) is 5.32. The molecular formula is C17H22N2O2S. The Kier molecular flexibility index (Phi) is 4.64. The third kappa shape index (κ3) is 2.96. The summed E-state index contributed by atoms with van der Waals surface area (Å²) in [5, 5.41) is 4.11. The standard InChI is InChI=1S/C17H22N2O2S/c1-12(11-21-2)18-16(20)15-13-7-3-4-8-14(13)22-17(15)19-9-5-6-10-19/h5-6,9-10,12H,3-4,7-8,11H2,1-2H3,(H,18,20). The lowest BCUT2D eigenvalue weighted by atomic mass is 9.95. The maximum Gasteiger partial charge on any atom is 0.254 e. The van der Waals surface area contributed by atoms with Gasteiger partial charge in [-0.2, -0.15) is 0 Å². The predicted molar refractivity (Wildman–Crippen MR) is 89.1 cm³/mol. The highest BCUT2D eigenvalue weighted by atomic mass is 32.1. The van der Waals surface area contributed by atoms with Gasteiger partial charge in [0.15, 0.2) is 0 Å². The van der Waals surface area contributed by atoms with E-state index in [-0.39, 0.29) is 11.9 Å². The molecule has 1 unspecified atom stereocenters. The first kappa shape index (κ1) is 15.3. The second-order valence-electron chi connectivity index (χ2n) is 5.81. The summed E-state index contributed by atoms with van der Waals surface area (Å²) in [6.07, 6.45) is 8.51. The van der Waals surface area contributed by atoms with Crippen LogP contribution in [-0.2, 0) is 17.6 Å². The lowest BCUT2D eigenvalue weighted by Crippen LogP contribution is -2.36. The molecule has 1 aliphatic rings. The highest BCUT2D eigenvalue weighted by Gasteiger charge is 2.26. The first-order valence-electron chi connectivity index (χ1n) is 7.78. The summed E-state index contributed by atoms with van der Waals surface area (Å²) in [6.45, 7) is 2.49. The first-order valence-corrected chi connectivity index (χ1v) is 8.60. The minimum Gasteiger partial charge on any atom is -0.383 e. The summed E-state index contributed by atoms with van der Waals surface area (Å²) in [4.78, 5) is 14.2. The number of hydrogen-bond acceptors (Lipinski definition) is 3. The van der Waals surface area contributed by atoms with Crippen molar-refractivity contribution in [2.45, 2.75) is 38.6 Å². The fourth-order valence-corrected chi connectivity index (χ4v) is 4.38. The van der Waals surface area contributed by atoms with Gasteiger partial charge in [0.05, 0.1) is 12.2 Å². The fraction of sp³-hybridized carbons (Fsp3) is 0.471. The van der Waals surface area contributed by atoms with Crippen molar-refractivity contribution in [1.82, 2.24) is 9.88 Å². The molecule has 4 nitrogen and oxygen atoms in total. The van der Waals surface area contributed by atoms with Gasteiger partial charge in [0.25, 0.3) is 5.91 Å². The smallest absolute Gasteiger partial charge is 0.254 e. The van der Waals surface area contributed by atoms with E-state index in [1.807, 2.05) is 31.5 Å². The first-order chi connectivity index (χ1) is 10.7. The highest BCUT2D eigenvalue weighted by Crippen LogP contribution is 2.36. The summed E-state index contributed by atoms with van der Waals surface area (Å²) in [7, 11) is 1.65. The molecule has 3 rings (SSSR count). The van der Waals surface area contributed by atoms with E-state index < -0.39 is 0 Å². The molecule has 1 atom stereocenters. The molecule has 1 amide bonds. The van der Waals surface area contributed by atoms with Gasteiger partial charge in [-0.25, -0.2) is 0 Å². The number of hydrogen-bond donors (Lipinski definition) is 1. The Morgan fingerprint density at radius 2 is 2.09 bits per heavy atom. The van der Waals surface area contributed by atoms with Gasteiger partial charge in [0, 0.05) is 30.4 Å². The molecular weight excluding hydrogens is 296 g/mol. The number of ether oxygens (including phenoxy) is 1. The molecule has 5 heteroatoms. The van der Waals surface area contributed by atoms with Gasteiger partial charge in [0.2, 0.25) is 0 Å². The van der Waals surface area contributed by atoms with Gasteiger partial charge in [-0.3, -0.25) is 4.79 Å². The Bertz CT molecular complexity index is 646. The van der Waals surface area contributed by atoms with Gasteiger partial charge in [-0.15, -0.1) is 11.3 Å². The number of fused-ring (bicyclic) bond motifs is 1. The van der Waals surface area contributed by atoms with Crippen LogP contribution in [0.2, 0.25) is 0 Å². The quantitative estimate of drug-likeness (QED) is 0.920. The van der Waals surface area contributed by atoms with Crippen molar-refractivity contribution in [3.8, 4) is 5.00 Å². The normalized spacial score (nSPS) is 15.4. The van der Waals surface area contributed by atoms with E-state index in [1.165, 1.54) is 23.3 Å². The van der Waals surface area contributed by atoms with E-state index in [1.54, 1.807) is 18.4 Å². The SMILES string of the molecule is COCC(C)NC(=O)c1c(-n2cccc2)sc2c1CCCC2. The fourth-order valence-electron chi connectivity index (χ4n) is 3.03. The summed E-state index contributed by atoms with van der Waals surface area (Å²) >= 11 is 1.76. The molecule has 1 aliphatic carbocycles. The number of thiophene rings is 1. The Labute approximate surface area is 135 Å². The Balaban J connectivity index is 1.97. The largest absolute Gasteiger partial charge is 0.383 e. The molecule has 0 radical (unpaired) electrons. The number of aromatic nitrogens is 1. The molecule has 22 heavy (non-hydrogen) atoms. The van der Waals surface area contributed by atoms with Crippen LogP contribution in [-0.4, -0.2) is 30.2 Å². The van der Waals surface area contributed by atoms with Crippen LogP contribution >= 0.6 is 11.3 Å². The molecule has 2 aromatic heterocycles. The molecule has 0 aliphatic heterocycles. The van der Waals surface area contributed by atoms with Crippen molar-refractivity contribution >= 4 is 17.2 Å². The van der Waals surface area contributed by atoms with Gasteiger partial charge in [-0.1, -0.05) is 0 Å². The van der Waals surface area contributed by atoms with Crippen LogP contribution < -0.4 is 5.32 Å². The van der Waals surface area contributed by atoms with Crippen LogP contribution in [0.5, 0.6) is 0 Å². The van der Waals surface area contributed by atoms with Crippen LogP contribution in [0.15, 0.2) is 24.5 Å². The van der Waals surface area contributed by atoms with Crippen molar-refractivity contribution in [3.05, 3.63) is 40.5 Å². The molecule has 2 heterocycles. The van der Waals surface area contributed by atoms with E-state index >= 15 is 0 Å². The van der Waals surface area contributed by atoms with Gasteiger partial charge in [0.1, 0.15) is 5.00 Å². The Hall–Kier alpha value is -1.59. The molecule has 0 fully saturated rings. The molecule has 0 saturated heterocycles. The van der Waals surface area contributed by atoms with E-state index in [4.69, 9.17) is 4.74 Å².